The zero-order chi connectivity index (χ0) is 17.5. The number of carbonyl (C=O) groups excluding carboxylic acids is 1. The molecule has 3 rings (SSSR count). The number of ether oxygens (including phenoxy) is 1. The summed E-state index contributed by atoms with van der Waals surface area (Å²) < 4.78 is 5.52. The summed E-state index contributed by atoms with van der Waals surface area (Å²) in [4.78, 5) is 16.6. The topological polar surface area (TPSA) is 34.0 Å². The van der Waals surface area contributed by atoms with Crippen LogP contribution in [0.15, 0.2) is 24.3 Å². The minimum Gasteiger partial charge on any atom is -0.494 e. The number of benzene rings is 1. The van der Waals surface area contributed by atoms with Crippen LogP contribution in [0.5, 0.6) is 5.75 Å². The Morgan fingerprint density at radius 2 is 1.84 bits per heavy atom. The third-order valence-electron chi connectivity index (χ3n) is 5.57. The molecule has 1 aromatic carbocycles. The highest BCUT2D eigenvalue weighted by Gasteiger charge is 2.31. The summed E-state index contributed by atoms with van der Waals surface area (Å²) in [6.07, 6.45) is 7.16. The highest BCUT2D eigenvalue weighted by molar-refractivity contribution is 5.79. The maximum atomic E-state index is 12.9. The van der Waals surface area contributed by atoms with Gasteiger partial charge in [-0.15, -0.1) is 0 Å². The Morgan fingerprint density at radius 1 is 1.12 bits per heavy atom. The van der Waals surface area contributed by atoms with Gasteiger partial charge in [0.15, 0.2) is 0 Å². The lowest BCUT2D eigenvalue weighted by Crippen LogP contribution is -3.12. The smallest absolute Gasteiger partial charge is 0.231 e. The van der Waals surface area contributed by atoms with Gasteiger partial charge in [-0.05, 0) is 56.9 Å². The molecule has 0 radical (unpaired) electrons. The number of hydrogen-bond acceptors (Lipinski definition) is 2. The summed E-state index contributed by atoms with van der Waals surface area (Å²) in [5.74, 6) is 1.59. The number of amides is 1. The number of carbonyl (C=O) groups is 1. The van der Waals surface area contributed by atoms with E-state index in [2.05, 4.69) is 29.2 Å². The second-order valence-electron chi connectivity index (χ2n) is 7.54. The van der Waals surface area contributed by atoms with Gasteiger partial charge in [0.1, 0.15) is 12.3 Å². The lowest BCUT2D eigenvalue weighted by Gasteiger charge is -2.32. The van der Waals surface area contributed by atoms with E-state index in [4.69, 9.17) is 4.74 Å². The van der Waals surface area contributed by atoms with E-state index in [9.17, 15) is 4.79 Å². The van der Waals surface area contributed by atoms with Crippen molar-refractivity contribution >= 4 is 5.91 Å². The van der Waals surface area contributed by atoms with E-state index in [0.717, 1.165) is 44.8 Å². The van der Waals surface area contributed by atoms with Crippen LogP contribution in [0, 0.1) is 5.92 Å². The summed E-state index contributed by atoms with van der Waals surface area (Å²) in [6.45, 7) is 7.84. The zero-order valence-corrected chi connectivity index (χ0v) is 15.6. The molecule has 1 aromatic rings. The van der Waals surface area contributed by atoms with Crippen molar-refractivity contribution in [3.8, 4) is 5.75 Å². The van der Waals surface area contributed by atoms with Crippen LogP contribution in [0.2, 0.25) is 0 Å². The highest BCUT2D eigenvalue weighted by Crippen LogP contribution is 2.17. The summed E-state index contributed by atoms with van der Waals surface area (Å²) >= 11 is 0. The fraction of sp³-hybridized carbons (Fsp3) is 0.667. The second-order valence-corrected chi connectivity index (χ2v) is 7.54. The lowest BCUT2D eigenvalue weighted by atomic mass is 9.96. The molecule has 0 spiro atoms. The van der Waals surface area contributed by atoms with Crippen LogP contribution < -0.4 is 9.64 Å². The molecule has 0 aromatic heterocycles. The summed E-state index contributed by atoms with van der Waals surface area (Å²) in [5, 5.41) is 0. The summed E-state index contributed by atoms with van der Waals surface area (Å²) in [6, 6.07) is 8.45. The molecule has 2 atom stereocenters. The van der Waals surface area contributed by atoms with E-state index in [1.807, 2.05) is 6.92 Å². The van der Waals surface area contributed by atoms with Gasteiger partial charge in [-0.3, -0.25) is 4.79 Å². The SMILES string of the molecule is CCOc1ccc(C[NH+]2CCCC(C(=O)N3CCCCCC3)C2)cc1. The molecule has 0 aliphatic carbocycles. The van der Waals surface area contributed by atoms with Crippen LogP contribution in [0.3, 0.4) is 0 Å². The van der Waals surface area contributed by atoms with Crippen molar-refractivity contribution in [1.29, 1.82) is 0 Å². The lowest BCUT2D eigenvalue weighted by molar-refractivity contribution is -0.921. The van der Waals surface area contributed by atoms with Crippen LogP contribution >= 0.6 is 0 Å². The standard InChI is InChI=1S/C21H32N2O2/c1-2-25-20-11-9-18(10-12-20)16-22-13-7-8-19(17-22)21(24)23-14-5-3-4-6-15-23/h9-12,19H,2-8,13-17H2,1H3/p+1. The normalized spacial score (nSPS) is 24.6. The van der Waals surface area contributed by atoms with E-state index in [1.165, 1.54) is 37.8 Å². The monoisotopic (exact) mass is 345 g/mol. The molecule has 2 saturated heterocycles. The van der Waals surface area contributed by atoms with Crippen LogP contribution in [-0.4, -0.2) is 43.6 Å². The third kappa shape index (κ3) is 5.21. The highest BCUT2D eigenvalue weighted by atomic mass is 16.5. The van der Waals surface area contributed by atoms with E-state index in [1.54, 1.807) is 4.90 Å². The van der Waals surface area contributed by atoms with E-state index in [-0.39, 0.29) is 5.92 Å². The molecule has 2 aliphatic heterocycles. The van der Waals surface area contributed by atoms with E-state index < -0.39 is 0 Å². The van der Waals surface area contributed by atoms with E-state index in [0.29, 0.717) is 12.5 Å². The Bertz CT molecular complexity index is 535. The van der Waals surface area contributed by atoms with Crippen molar-refractivity contribution in [2.75, 3.05) is 32.8 Å². The first kappa shape index (κ1) is 18.2. The van der Waals surface area contributed by atoms with Gasteiger partial charge in [0.25, 0.3) is 0 Å². The Morgan fingerprint density at radius 3 is 2.52 bits per heavy atom. The van der Waals surface area contributed by atoms with Gasteiger partial charge in [0.2, 0.25) is 5.91 Å². The predicted octanol–water partition coefficient (Wildman–Crippen LogP) is 2.28. The van der Waals surface area contributed by atoms with Crippen molar-refractivity contribution < 1.29 is 14.4 Å². The number of nitrogens with one attached hydrogen (secondary N) is 1. The van der Waals surface area contributed by atoms with Crippen LogP contribution in [-0.2, 0) is 11.3 Å². The molecule has 2 aliphatic rings. The number of hydrogen-bond donors (Lipinski definition) is 1. The van der Waals surface area contributed by atoms with Gasteiger partial charge in [-0.2, -0.15) is 0 Å². The van der Waals surface area contributed by atoms with Crippen LogP contribution in [0.1, 0.15) is 51.0 Å². The Balaban J connectivity index is 1.54. The van der Waals surface area contributed by atoms with Crippen molar-refractivity contribution in [2.45, 2.75) is 52.0 Å². The fourth-order valence-electron chi connectivity index (χ4n) is 4.23. The zero-order valence-electron chi connectivity index (χ0n) is 15.6. The number of likely N-dealkylation sites (tertiary alicyclic amines) is 2. The quantitative estimate of drug-likeness (QED) is 0.888. The van der Waals surface area contributed by atoms with Crippen LogP contribution in [0.4, 0.5) is 0 Å². The molecule has 1 amide bonds. The van der Waals surface area contributed by atoms with Crippen molar-refractivity contribution in [2.24, 2.45) is 5.92 Å². The minimum atomic E-state index is 0.226. The molecule has 1 N–H and O–H groups in total. The van der Waals surface area contributed by atoms with E-state index >= 15 is 0 Å². The van der Waals surface area contributed by atoms with Crippen molar-refractivity contribution in [1.82, 2.24) is 4.90 Å². The Hall–Kier alpha value is -1.55. The molecule has 25 heavy (non-hydrogen) atoms. The van der Waals surface area contributed by atoms with Crippen molar-refractivity contribution in [3.05, 3.63) is 29.8 Å². The Kier molecular flexibility index (Phi) is 6.74. The minimum absolute atomic E-state index is 0.226. The van der Waals surface area contributed by atoms with Gasteiger partial charge >= 0.3 is 0 Å². The third-order valence-corrected chi connectivity index (χ3v) is 5.57. The maximum Gasteiger partial charge on any atom is 0.231 e. The average Bonchev–Trinajstić information content (AvgIpc) is 2.93. The molecule has 4 nitrogen and oxygen atoms in total. The number of nitrogens with zero attached hydrogens (tertiary/aromatic N) is 1. The number of quaternary nitrogens is 1. The maximum absolute atomic E-state index is 12.9. The molecular formula is C21H33N2O2+. The van der Waals surface area contributed by atoms with Gasteiger partial charge in [-0.25, -0.2) is 0 Å². The summed E-state index contributed by atoms with van der Waals surface area (Å²) in [7, 11) is 0. The van der Waals surface area contributed by atoms with Gasteiger partial charge < -0.3 is 14.5 Å². The van der Waals surface area contributed by atoms with Crippen LogP contribution in [0.25, 0.3) is 0 Å². The first-order valence-corrected chi connectivity index (χ1v) is 10.1. The van der Waals surface area contributed by atoms with Gasteiger partial charge in [0.05, 0.1) is 25.6 Å². The number of piperidine rings is 1. The molecule has 2 unspecified atom stereocenters. The van der Waals surface area contributed by atoms with Gasteiger partial charge in [-0.1, -0.05) is 12.8 Å². The molecule has 4 heteroatoms. The molecule has 2 heterocycles. The van der Waals surface area contributed by atoms with Crippen molar-refractivity contribution in [3.63, 3.8) is 0 Å². The first-order valence-electron chi connectivity index (χ1n) is 10.1. The predicted molar refractivity (Wildman–Crippen MR) is 99.8 cm³/mol. The summed E-state index contributed by atoms with van der Waals surface area (Å²) in [5.41, 5.74) is 1.33. The largest absolute Gasteiger partial charge is 0.494 e. The average molecular weight is 346 g/mol. The fourth-order valence-corrected chi connectivity index (χ4v) is 4.23. The van der Waals surface area contributed by atoms with Gasteiger partial charge in [0, 0.05) is 18.7 Å². The number of rotatable bonds is 5. The Labute approximate surface area is 152 Å². The molecule has 0 saturated carbocycles. The molecule has 138 valence electrons. The first-order chi connectivity index (χ1) is 12.3. The second kappa shape index (κ2) is 9.23. The molecule has 2 fully saturated rings. The molecule has 0 bridgehead atoms. The molecular weight excluding hydrogens is 312 g/mol.